The van der Waals surface area contributed by atoms with Crippen molar-refractivity contribution in [2.45, 2.75) is 59.0 Å². The lowest BCUT2D eigenvalue weighted by Crippen LogP contribution is -2.29. The second kappa shape index (κ2) is 7.27. The zero-order valence-electron chi connectivity index (χ0n) is 15.3. The number of rotatable bonds is 6. The molecule has 3 heteroatoms. The van der Waals surface area contributed by atoms with Gasteiger partial charge in [0.05, 0.1) is 0 Å². The van der Waals surface area contributed by atoms with Crippen LogP contribution in [0.15, 0.2) is 30.3 Å². The van der Waals surface area contributed by atoms with Crippen LogP contribution in [-0.2, 0) is 24.9 Å². The van der Waals surface area contributed by atoms with Gasteiger partial charge in [0.25, 0.3) is 0 Å². The highest BCUT2D eigenvalue weighted by Crippen LogP contribution is 2.39. The molecule has 0 aliphatic rings. The van der Waals surface area contributed by atoms with Crippen LogP contribution in [0.2, 0.25) is 0 Å². The van der Waals surface area contributed by atoms with E-state index in [0.29, 0.717) is 12.1 Å². The molecule has 0 aliphatic carbocycles. The molecule has 0 bridgehead atoms. The number of aryl methyl sites for hydroxylation is 1. The van der Waals surface area contributed by atoms with Gasteiger partial charge in [-0.3, -0.25) is 0 Å². The van der Waals surface area contributed by atoms with Crippen molar-refractivity contribution in [3.63, 3.8) is 0 Å². The Labute approximate surface area is 145 Å². The van der Waals surface area contributed by atoms with E-state index >= 15 is 0 Å². The Kier molecular flexibility index (Phi) is 5.55. The van der Waals surface area contributed by atoms with Crippen LogP contribution in [0.3, 0.4) is 0 Å². The van der Waals surface area contributed by atoms with Gasteiger partial charge in [-0.25, -0.2) is 0 Å². The van der Waals surface area contributed by atoms with E-state index in [2.05, 4.69) is 26.8 Å². The third kappa shape index (κ3) is 3.01. The quantitative estimate of drug-likeness (QED) is 0.697. The van der Waals surface area contributed by atoms with Crippen molar-refractivity contribution >= 4 is 11.4 Å². The van der Waals surface area contributed by atoms with Gasteiger partial charge >= 0.3 is 0 Å². The van der Waals surface area contributed by atoms with Gasteiger partial charge < -0.3 is 16.6 Å². The van der Waals surface area contributed by atoms with Crippen molar-refractivity contribution in [2.24, 2.45) is 0 Å². The number of nitrogens with two attached hydrogens (primary N) is 2. The maximum Gasteiger partial charge on any atom is 0.115 e. The molecule has 2 rings (SSSR count). The summed E-state index contributed by atoms with van der Waals surface area (Å²) in [6, 6.07) is 9.64. The molecule has 0 aliphatic heterocycles. The van der Waals surface area contributed by atoms with Gasteiger partial charge in [-0.05, 0) is 65.6 Å². The first kappa shape index (κ1) is 18.3. The van der Waals surface area contributed by atoms with Gasteiger partial charge in [0.1, 0.15) is 5.60 Å². The van der Waals surface area contributed by atoms with Gasteiger partial charge in [-0.1, -0.05) is 45.9 Å². The Morgan fingerprint density at radius 3 is 1.92 bits per heavy atom. The SMILES string of the molecule is CCc1cc(C(O)(CC)c2ccc(N)cc2)c(CC)c(CC)c1N. The van der Waals surface area contributed by atoms with Gasteiger partial charge in [0, 0.05) is 11.4 Å². The van der Waals surface area contributed by atoms with Crippen molar-refractivity contribution in [1.29, 1.82) is 0 Å². The fraction of sp³-hybridized carbons (Fsp3) is 0.429. The Bertz CT molecular complexity index is 707. The summed E-state index contributed by atoms with van der Waals surface area (Å²) in [6.07, 6.45) is 3.18. The molecular weight excluding hydrogens is 296 g/mol. The highest BCUT2D eigenvalue weighted by Gasteiger charge is 2.33. The summed E-state index contributed by atoms with van der Waals surface area (Å²) < 4.78 is 0. The molecule has 5 N–H and O–H groups in total. The number of hydrogen-bond donors (Lipinski definition) is 3. The number of nitrogen functional groups attached to an aromatic ring is 2. The van der Waals surface area contributed by atoms with E-state index < -0.39 is 5.60 Å². The fourth-order valence-electron chi connectivity index (χ4n) is 3.64. The topological polar surface area (TPSA) is 72.3 Å². The highest BCUT2D eigenvalue weighted by molar-refractivity contribution is 5.62. The van der Waals surface area contributed by atoms with E-state index in [1.54, 1.807) is 0 Å². The van der Waals surface area contributed by atoms with Crippen LogP contribution in [0.4, 0.5) is 11.4 Å². The lowest BCUT2D eigenvalue weighted by Gasteiger charge is -2.32. The van der Waals surface area contributed by atoms with Gasteiger partial charge in [-0.2, -0.15) is 0 Å². The molecule has 0 spiro atoms. The monoisotopic (exact) mass is 326 g/mol. The molecule has 0 saturated carbocycles. The van der Waals surface area contributed by atoms with Crippen LogP contribution in [0, 0.1) is 0 Å². The lowest BCUT2D eigenvalue weighted by molar-refractivity contribution is 0.0755. The molecule has 0 amide bonds. The number of hydrogen-bond acceptors (Lipinski definition) is 3. The molecule has 0 aromatic heterocycles. The predicted octanol–water partition coefficient (Wildman–Crippen LogP) is 4.18. The predicted molar refractivity (Wildman–Crippen MR) is 103 cm³/mol. The largest absolute Gasteiger partial charge is 0.399 e. The van der Waals surface area contributed by atoms with E-state index in [4.69, 9.17) is 11.5 Å². The average molecular weight is 326 g/mol. The standard InChI is InChI=1S/C21H30N2O/c1-5-14-13-19(17(6-2)18(7-3)20(14)23)21(24,8-4)15-9-11-16(22)12-10-15/h9-13,24H,5-8,22-23H2,1-4H3. The molecule has 3 nitrogen and oxygen atoms in total. The smallest absolute Gasteiger partial charge is 0.115 e. The molecule has 1 unspecified atom stereocenters. The number of aliphatic hydroxyl groups is 1. The fourth-order valence-corrected chi connectivity index (χ4v) is 3.64. The molecule has 130 valence electrons. The van der Waals surface area contributed by atoms with Crippen molar-refractivity contribution in [1.82, 2.24) is 0 Å². The zero-order chi connectivity index (χ0) is 17.9. The van der Waals surface area contributed by atoms with Crippen LogP contribution in [0.5, 0.6) is 0 Å². The molecule has 0 radical (unpaired) electrons. The van der Waals surface area contributed by atoms with E-state index in [-0.39, 0.29) is 0 Å². The van der Waals surface area contributed by atoms with Crippen LogP contribution >= 0.6 is 0 Å². The first-order valence-electron chi connectivity index (χ1n) is 8.94. The zero-order valence-corrected chi connectivity index (χ0v) is 15.3. The van der Waals surface area contributed by atoms with Crippen molar-refractivity contribution < 1.29 is 5.11 Å². The normalized spacial score (nSPS) is 13.7. The first-order chi connectivity index (χ1) is 11.4. The Balaban J connectivity index is 2.77. The summed E-state index contributed by atoms with van der Waals surface area (Å²) in [7, 11) is 0. The van der Waals surface area contributed by atoms with Crippen LogP contribution < -0.4 is 11.5 Å². The van der Waals surface area contributed by atoms with Crippen LogP contribution in [0.1, 0.15) is 61.9 Å². The Morgan fingerprint density at radius 2 is 1.46 bits per heavy atom. The maximum atomic E-state index is 11.6. The molecule has 0 heterocycles. The molecule has 2 aromatic carbocycles. The van der Waals surface area contributed by atoms with E-state index in [1.807, 2.05) is 31.2 Å². The molecule has 2 aromatic rings. The van der Waals surface area contributed by atoms with Crippen molar-refractivity contribution in [3.8, 4) is 0 Å². The highest BCUT2D eigenvalue weighted by atomic mass is 16.3. The minimum absolute atomic E-state index is 0.597. The van der Waals surface area contributed by atoms with Crippen molar-refractivity contribution in [3.05, 3.63) is 58.1 Å². The first-order valence-corrected chi connectivity index (χ1v) is 8.94. The van der Waals surface area contributed by atoms with E-state index in [9.17, 15) is 5.11 Å². The van der Waals surface area contributed by atoms with Gasteiger partial charge in [0.2, 0.25) is 0 Å². The molecule has 0 saturated heterocycles. The molecule has 0 fully saturated rings. The van der Waals surface area contributed by atoms with E-state index in [0.717, 1.165) is 41.6 Å². The third-order valence-corrected chi connectivity index (χ3v) is 5.11. The van der Waals surface area contributed by atoms with Crippen LogP contribution in [0.25, 0.3) is 0 Å². The minimum atomic E-state index is -1.03. The van der Waals surface area contributed by atoms with Crippen molar-refractivity contribution in [2.75, 3.05) is 11.5 Å². The number of benzene rings is 2. The summed E-state index contributed by atoms with van der Waals surface area (Å²) in [6.45, 7) is 8.38. The Morgan fingerprint density at radius 1 is 0.875 bits per heavy atom. The molecular formula is C21H30N2O. The average Bonchev–Trinajstić information content (AvgIpc) is 2.61. The summed E-state index contributed by atoms with van der Waals surface area (Å²) in [5.41, 5.74) is 18.1. The third-order valence-electron chi connectivity index (χ3n) is 5.11. The van der Waals surface area contributed by atoms with Gasteiger partial charge in [-0.15, -0.1) is 0 Å². The lowest BCUT2D eigenvalue weighted by atomic mass is 9.77. The minimum Gasteiger partial charge on any atom is -0.399 e. The van der Waals surface area contributed by atoms with E-state index in [1.165, 1.54) is 11.1 Å². The molecule has 1 atom stereocenters. The summed E-state index contributed by atoms with van der Waals surface area (Å²) >= 11 is 0. The summed E-state index contributed by atoms with van der Waals surface area (Å²) in [5.74, 6) is 0. The van der Waals surface area contributed by atoms with Gasteiger partial charge in [0.15, 0.2) is 0 Å². The summed E-state index contributed by atoms with van der Waals surface area (Å²) in [5, 5.41) is 11.6. The molecule has 24 heavy (non-hydrogen) atoms. The second-order valence-corrected chi connectivity index (χ2v) is 6.35. The summed E-state index contributed by atoms with van der Waals surface area (Å²) in [4.78, 5) is 0. The maximum absolute atomic E-state index is 11.6. The second-order valence-electron chi connectivity index (χ2n) is 6.35. The van der Waals surface area contributed by atoms with Crippen LogP contribution in [-0.4, -0.2) is 5.11 Å². The number of anilines is 2. The Hall–Kier alpha value is -2.00.